The number of anilines is 1. The van der Waals surface area contributed by atoms with E-state index in [1.165, 1.54) is 31.0 Å². The fourth-order valence-corrected chi connectivity index (χ4v) is 3.65. The first-order valence-corrected chi connectivity index (χ1v) is 9.70. The van der Waals surface area contributed by atoms with Gasteiger partial charge in [0, 0.05) is 33.0 Å². The Labute approximate surface area is 179 Å². The molecule has 0 aliphatic carbocycles. The monoisotopic (exact) mass is 430 g/mol. The first-order valence-electron chi connectivity index (χ1n) is 9.70. The molecule has 10 nitrogen and oxygen atoms in total. The van der Waals surface area contributed by atoms with Crippen LogP contribution in [0.5, 0.6) is 5.75 Å². The number of hydrogen-bond acceptors (Lipinski definition) is 9. The van der Waals surface area contributed by atoms with Crippen molar-refractivity contribution in [2.45, 2.75) is 24.3 Å². The first kappa shape index (κ1) is 22.7. The quantitative estimate of drug-likeness (QED) is 0.591. The van der Waals surface area contributed by atoms with Crippen LogP contribution in [0.1, 0.15) is 17.2 Å². The molecule has 10 heteroatoms. The Bertz CT molecular complexity index is 996. The number of aliphatic hydroxyl groups excluding tert-OH is 1. The summed E-state index contributed by atoms with van der Waals surface area (Å²) in [7, 11) is 4.56. The lowest BCUT2D eigenvalue weighted by molar-refractivity contribution is -0.142. The largest absolute Gasteiger partial charge is 0.479 e. The van der Waals surface area contributed by atoms with Gasteiger partial charge in [0.2, 0.25) is 0 Å². The van der Waals surface area contributed by atoms with Crippen LogP contribution in [-0.4, -0.2) is 67.7 Å². The molecule has 1 aliphatic heterocycles. The molecule has 31 heavy (non-hydrogen) atoms. The fourth-order valence-electron chi connectivity index (χ4n) is 3.65. The van der Waals surface area contributed by atoms with Gasteiger partial charge in [0.15, 0.2) is 5.60 Å². The summed E-state index contributed by atoms with van der Waals surface area (Å²) in [6.07, 6.45) is -1.12. The van der Waals surface area contributed by atoms with Gasteiger partial charge in [0.1, 0.15) is 17.7 Å². The van der Waals surface area contributed by atoms with E-state index in [0.717, 1.165) is 0 Å². The lowest BCUT2D eigenvalue weighted by atomic mass is 9.84. The number of benzene rings is 1. The molecule has 0 saturated carbocycles. The summed E-state index contributed by atoms with van der Waals surface area (Å²) in [4.78, 5) is 12.1. The van der Waals surface area contributed by atoms with Crippen LogP contribution in [-0.2, 0) is 20.8 Å². The molecule has 2 N–H and O–H groups in total. The molecule has 0 saturated heterocycles. The van der Waals surface area contributed by atoms with Crippen molar-refractivity contribution in [1.29, 1.82) is 5.26 Å². The van der Waals surface area contributed by atoms with Crippen molar-refractivity contribution in [1.82, 2.24) is 9.78 Å². The van der Waals surface area contributed by atoms with Crippen LogP contribution in [0.25, 0.3) is 0 Å². The molecule has 1 aromatic carbocycles. The van der Waals surface area contributed by atoms with E-state index < -0.39 is 17.7 Å². The number of fused-ring (bicyclic) bond motifs is 1. The topological polar surface area (TPSA) is 128 Å². The van der Waals surface area contributed by atoms with Crippen LogP contribution >= 0.6 is 0 Å². The second kappa shape index (κ2) is 9.89. The molecule has 0 amide bonds. The van der Waals surface area contributed by atoms with E-state index in [1.807, 2.05) is 0 Å². The second-order valence-corrected chi connectivity index (χ2v) is 7.24. The van der Waals surface area contributed by atoms with Crippen molar-refractivity contribution in [3.63, 3.8) is 0 Å². The highest BCUT2D eigenvalue weighted by atomic mass is 16.6. The highest BCUT2D eigenvalue weighted by molar-refractivity contribution is 5.50. The van der Waals surface area contributed by atoms with Gasteiger partial charge in [-0.25, -0.2) is 4.68 Å². The Morgan fingerprint density at radius 1 is 1.23 bits per heavy atom. The molecule has 2 atom stereocenters. The van der Waals surface area contributed by atoms with E-state index in [9.17, 15) is 15.2 Å². The lowest BCUT2D eigenvalue weighted by Crippen LogP contribution is -2.60. The summed E-state index contributed by atoms with van der Waals surface area (Å²) >= 11 is 0. The Morgan fingerprint density at radius 2 is 1.97 bits per heavy atom. The molecule has 3 rings (SSSR count). The highest BCUT2D eigenvalue weighted by Crippen LogP contribution is 2.42. The van der Waals surface area contributed by atoms with Gasteiger partial charge in [-0.1, -0.05) is 0 Å². The number of methoxy groups -OCH3 is 3. The molecule has 0 fully saturated rings. The Morgan fingerprint density at radius 3 is 2.61 bits per heavy atom. The third kappa shape index (κ3) is 4.70. The maximum atomic E-state index is 12.1. The molecular formula is C21H26N4O6. The van der Waals surface area contributed by atoms with E-state index in [1.54, 1.807) is 25.3 Å². The number of rotatable bonds is 9. The maximum Gasteiger partial charge on any atom is 0.266 e. The number of hydrogen-bond donors (Lipinski definition) is 2. The van der Waals surface area contributed by atoms with Crippen molar-refractivity contribution < 1.29 is 24.1 Å². The van der Waals surface area contributed by atoms with Crippen LogP contribution in [0.15, 0.2) is 35.1 Å². The van der Waals surface area contributed by atoms with E-state index in [-0.39, 0.29) is 25.3 Å². The standard InChI is InChI=1S/C21H26N4O6/c1-28-9-8-25-18(26)7-6-17(24-25)23-19-15-10-14(11-22)4-5-16(15)31-21(12-29-2,13-30-3)20(19)27/h4-7,10,19-20,27H,8-9,12-13H2,1-3H3,(H,23,24)/t19-,20+/m1/s1. The molecule has 166 valence electrons. The van der Waals surface area contributed by atoms with Gasteiger partial charge in [-0.3, -0.25) is 4.79 Å². The van der Waals surface area contributed by atoms with Crippen molar-refractivity contribution in [2.24, 2.45) is 0 Å². The zero-order valence-corrected chi connectivity index (χ0v) is 17.7. The molecule has 1 aromatic heterocycles. The number of aliphatic hydroxyl groups is 1. The predicted octanol–water partition coefficient (Wildman–Crippen LogP) is 0.699. The minimum atomic E-state index is -1.19. The molecule has 0 bridgehead atoms. The maximum absolute atomic E-state index is 12.1. The van der Waals surface area contributed by atoms with Crippen LogP contribution < -0.4 is 15.6 Å². The van der Waals surface area contributed by atoms with Crippen molar-refractivity contribution >= 4 is 5.82 Å². The van der Waals surface area contributed by atoms with Crippen LogP contribution in [0.3, 0.4) is 0 Å². The molecule has 0 spiro atoms. The predicted molar refractivity (Wildman–Crippen MR) is 111 cm³/mol. The molecule has 1 aliphatic rings. The first-order chi connectivity index (χ1) is 15.0. The average molecular weight is 430 g/mol. The van der Waals surface area contributed by atoms with Crippen LogP contribution in [0.4, 0.5) is 5.82 Å². The Kier molecular flexibility index (Phi) is 7.25. The summed E-state index contributed by atoms with van der Waals surface area (Å²) in [6.45, 7) is 0.754. The number of nitrogens with one attached hydrogen (secondary N) is 1. The number of nitriles is 1. The molecule has 2 heterocycles. The molecule has 0 unspecified atom stereocenters. The van der Waals surface area contributed by atoms with Crippen molar-refractivity contribution in [3.8, 4) is 11.8 Å². The molecule has 2 aromatic rings. The molecular weight excluding hydrogens is 404 g/mol. The summed E-state index contributed by atoms with van der Waals surface area (Å²) in [5.41, 5.74) is -0.445. The number of nitrogens with zero attached hydrogens (tertiary/aromatic N) is 3. The minimum absolute atomic E-state index is 0.0698. The summed E-state index contributed by atoms with van der Waals surface area (Å²) in [6, 6.07) is 9.30. The van der Waals surface area contributed by atoms with E-state index in [0.29, 0.717) is 29.3 Å². The van der Waals surface area contributed by atoms with Crippen LogP contribution in [0.2, 0.25) is 0 Å². The zero-order chi connectivity index (χ0) is 22.4. The van der Waals surface area contributed by atoms with Gasteiger partial charge in [-0.15, -0.1) is 0 Å². The van der Waals surface area contributed by atoms with Gasteiger partial charge >= 0.3 is 0 Å². The third-order valence-electron chi connectivity index (χ3n) is 5.10. The Hall–Kier alpha value is -2.97. The van der Waals surface area contributed by atoms with Crippen LogP contribution in [0, 0.1) is 11.3 Å². The SMILES string of the molecule is COCCn1nc(N[C@@H]2c3cc(C#N)ccc3OC(COC)(COC)[C@H]2O)ccc1=O. The summed E-state index contributed by atoms with van der Waals surface area (Å²) in [5.74, 6) is 0.863. The van der Waals surface area contributed by atoms with Gasteiger partial charge in [-0.05, 0) is 24.3 Å². The molecule has 0 radical (unpaired) electrons. The third-order valence-corrected chi connectivity index (χ3v) is 5.10. The average Bonchev–Trinajstić information content (AvgIpc) is 2.77. The highest BCUT2D eigenvalue weighted by Gasteiger charge is 2.50. The van der Waals surface area contributed by atoms with E-state index >= 15 is 0 Å². The van der Waals surface area contributed by atoms with E-state index in [2.05, 4.69) is 16.5 Å². The fraction of sp³-hybridized carbons (Fsp3) is 0.476. The summed E-state index contributed by atoms with van der Waals surface area (Å²) in [5, 5.41) is 28.2. The Balaban J connectivity index is 2.04. The van der Waals surface area contributed by atoms with Gasteiger partial charge in [-0.2, -0.15) is 10.4 Å². The van der Waals surface area contributed by atoms with Gasteiger partial charge in [0.05, 0.1) is 44.0 Å². The number of ether oxygens (including phenoxy) is 4. The normalized spacial score (nSPS) is 19.2. The second-order valence-electron chi connectivity index (χ2n) is 7.24. The number of aromatic nitrogens is 2. The lowest BCUT2D eigenvalue weighted by Gasteiger charge is -2.45. The van der Waals surface area contributed by atoms with Gasteiger partial charge in [0.25, 0.3) is 5.56 Å². The van der Waals surface area contributed by atoms with Gasteiger partial charge < -0.3 is 29.4 Å². The summed E-state index contributed by atoms with van der Waals surface area (Å²) < 4.78 is 23.1. The minimum Gasteiger partial charge on any atom is -0.479 e. The van der Waals surface area contributed by atoms with Crippen molar-refractivity contribution in [3.05, 3.63) is 51.8 Å². The van der Waals surface area contributed by atoms with E-state index in [4.69, 9.17) is 18.9 Å². The van der Waals surface area contributed by atoms with Crippen molar-refractivity contribution in [2.75, 3.05) is 46.5 Å². The zero-order valence-electron chi connectivity index (χ0n) is 17.7. The smallest absolute Gasteiger partial charge is 0.266 e.